The van der Waals surface area contributed by atoms with E-state index in [1.54, 1.807) is 0 Å². The van der Waals surface area contributed by atoms with Crippen molar-refractivity contribution in [3.8, 4) is 0 Å². The Morgan fingerprint density at radius 3 is 2.36 bits per heavy atom. The van der Waals surface area contributed by atoms with Gasteiger partial charge in [0.05, 0.1) is 18.6 Å². The number of ketones is 1. The van der Waals surface area contributed by atoms with Gasteiger partial charge in [-0.1, -0.05) is 32.2 Å². The van der Waals surface area contributed by atoms with Crippen molar-refractivity contribution in [1.29, 1.82) is 0 Å². The van der Waals surface area contributed by atoms with Crippen LogP contribution in [0.3, 0.4) is 0 Å². The van der Waals surface area contributed by atoms with Crippen molar-refractivity contribution >= 4 is 17.7 Å². The highest BCUT2D eigenvalue weighted by molar-refractivity contribution is 6.05. The van der Waals surface area contributed by atoms with Crippen LogP contribution in [0.4, 0.5) is 0 Å². The minimum Gasteiger partial charge on any atom is -0.459 e. The molecule has 0 aromatic rings. The molecule has 5 N–H and O–H groups in total. The lowest BCUT2D eigenvalue weighted by Gasteiger charge is -2.40. The van der Waals surface area contributed by atoms with Crippen LogP contribution in [0, 0.1) is 17.8 Å². The van der Waals surface area contributed by atoms with Gasteiger partial charge in [-0.05, 0) is 31.3 Å². The maximum atomic E-state index is 12.9. The molecule has 4 rings (SSSR count). The zero-order chi connectivity index (χ0) is 29.0. The van der Waals surface area contributed by atoms with Crippen LogP contribution in [-0.4, -0.2) is 104 Å². The molecule has 2 aliphatic heterocycles. The molecule has 1 unspecified atom stereocenters. The van der Waals surface area contributed by atoms with Gasteiger partial charge in [-0.3, -0.25) is 4.79 Å². The number of fused-ring (bicyclic) bond motifs is 3. The van der Waals surface area contributed by atoms with Gasteiger partial charge in [0.2, 0.25) is 5.60 Å². The summed E-state index contributed by atoms with van der Waals surface area (Å²) in [6.45, 7) is 14.1. The van der Waals surface area contributed by atoms with E-state index in [4.69, 9.17) is 18.9 Å². The average Bonchev–Trinajstić information content (AvgIpc) is 3.34. The fraction of sp³-hybridized carbons (Fsp3) is 0.667. The normalized spacial score (nSPS) is 41.8. The number of rotatable bonds is 7. The molecule has 12 atom stereocenters. The lowest BCUT2D eigenvalue weighted by molar-refractivity contribution is -0.308. The highest BCUT2D eigenvalue weighted by atomic mass is 16.7. The summed E-state index contributed by atoms with van der Waals surface area (Å²) in [4.78, 5) is 37.5. The number of ether oxygens (including phenoxy) is 4. The van der Waals surface area contributed by atoms with Crippen LogP contribution < -0.4 is 0 Å². The summed E-state index contributed by atoms with van der Waals surface area (Å²) in [7, 11) is 0. The first kappa shape index (κ1) is 29.5. The Labute approximate surface area is 225 Å². The van der Waals surface area contributed by atoms with Crippen molar-refractivity contribution < 1.29 is 58.9 Å². The zero-order valence-corrected chi connectivity index (χ0v) is 21.9. The molecule has 12 heteroatoms. The lowest BCUT2D eigenvalue weighted by atomic mass is 9.81. The minimum atomic E-state index is -2.34. The maximum Gasteiger partial charge on any atom is 0.346 e. The number of Topliss-reactive ketones (excluding diaryl/α,β-unsaturated/α-hetero) is 1. The Morgan fingerprint density at radius 2 is 1.77 bits per heavy atom. The van der Waals surface area contributed by atoms with E-state index in [-0.39, 0.29) is 30.8 Å². The molecule has 0 aromatic heterocycles. The molecule has 0 amide bonds. The van der Waals surface area contributed by atoms with Crippen molar-refractivity contribution in [3.05, 3.63) is 36.5 Å². The van der Waals surface area contributed by atoms with Gasteiger partial charge in [-0.2, -0.15) is 0 Å². The van der Waals surface area contributed by atoms with Crippen LogP contribution in [0.1, 0.15) is 33.1 Å². The van der Waals surface area contributed by atoms with Gasteiger partial charge in [0, 0.05) is 17.9 Å². The molecule has 0 spiro atoms. The number of carbonyl (C=O) groups excluding carboxylic acids is 3. The van der Waals surface area contributed by atoms with Crippen LogP contribution in [0.5, 0.6) is 0 Å². The molecule has 4 aliphatic rings. The summed E-state index contributed by atoms with van der Waals surface area (Å²) >= 11 is 0. The van der Waals surface area contributed by atoms with Crippen molar-refractivity contribution in [2.75, 3.05) is 6.61 Å². The first-order chi connectivity index (χ1) is 18.3. The Kier molecular flexibility index (Phi) is 8.21. The second-order valence-corrected chi connectivity index (χ2v) is 10.8. The Hall–Kier alpha value is -2.45. The van der Waals surface area contributed by atoms with E-state index < -0.39 is 90.8 Å². The van der Waals surface area contributed by atoms with Gasteiger partial charge in [0.25, 0.3) is 0 Å². The lowest BCUT2D eigenvalue weighted by Crippen LogP contribution is -2.59. The van der Waals surface area contributed by atoms with E-state index in [9.17, 15) is 39.9 Å². The third-order valence-electron chi connectivity index (χ3n) is 8.58. The smallest absolute Gasteiger partial charge is 0.346 e. The third-order valence-corrected chi connectivity index (χ3v) is 8.58. The summed E-state index contributed by atoms with van der Waals surface area (Å²) in [6.07, 6.45) is -9.74. The summed E-state index contributed by atoms with van der Waals surface area (Å²) in [5, 5.41) is 50.7. The van der Waals surface area contributed by atoms with E-state index in [0.717, 1.165) is 6.92 Å². The fourth-order valence-corrected chi connectivity index (χ4v) is 6.11. The van der Waals surface area contributed by atoms with Crippen LogP contribution in [0.15, 0.2) is 36.5 Å². The van der Waals surface area contributed by atoms with Crippen LogP contribution in [0.25, 0.3) is 0 Å². The highest BCUT2D eigenvalue weighted by Gasteiger charge is 2.58. The summed E-state index contributed by atoms with van der Waals surface area (Å²) < 4.78 is 22.8. The molecule has 216 valence electrons. The second-order valence-electron chi connectivity index (χ2n) is 10.8. The monoisotopic (exact) mass is 552 g/mol. The van der Waals surface area contributed by atoms with Gasteiger partial charge >= 0.3 is 11.9 Å². The minimum absolute atomic E-state index is 0.0696. The standard InChI is InChI=1S/C27H36O12/c1-6-27(35,13(5)29)26(34)38-16-7-10(2)14-8-15(11(3)18(14)23-19(16)12(4)24(33)39-23)36-25-22(32)21(31)20(30)17(9-28)37-25/h14-23,25,28,30-32,35H,2-4,6-9H2,1,5H3/t14-,15-,16+,17+,18-,19+,20+,21-,22+,23+,25+,27?/m0/s1. The van der Waals surface area contributed by atoms with Gasteiger partial charge in [-0.25, -0.2) is 9.59 Å². The topological polar surface area (TPSA) is 189 Å². The van der Waals surface area contributed by atoms with Gasteiger partial charge in [-0.15, -0.1) is 0 Å². The Bertz CT molecular complexity index is 1070. The average molecular weight is 553 g/mol. The molecule has 39 heavy (non-hydrogen) atoms. The van der Waals surface area contributed by atoms with Crippen molar-refractivity contribution in [1.82, 2.24) is 0 Å². The molecule has 0 aromatic carbocycles. The zero-order valence-electron chi connectivity index (χ0n) is 21.9. The van der Waals surface area contributed by atoms with E-state index in [2.05, 4.69) is 19.7 Å². The number of aliphatic hydroxyl groups excluding tert-OH is 4. The van der Waals surface area contributed by atoms with Gasteiger partial charge in [0.15, 0.2) is 12.1 Å². The number of aliphatic hydroxyl groups is 5. The molecule has 0 bridgehead atoms. The molecule has 2 heterocycles. The SMILES string of the molecule is C=C1C(=O)O[C@@H]2[C@H]3C(=C)[C@@H](O[C@@H]4O[C@H](CO)[C@@H](O)[C@H](O)[C@H]4O)C[C@H]3C(=C)C[C@@H](OC(=O)C(O)(CC)C(C)=O)[C@@H]12. The van der Waals surface area contributed by atoms with E-state index >= 15 is 0 Å². The molecule has 2 saturated carbocycles. The number of carbonyl (C=O) groups is 3. The van der Waals surface area contributed by atoms with E-state index in [0.29, 0.717) is 11.1 Å². The first-order valence-corrected chi connectivity index (χ1v) is 12.9. The van der Waals surface area contributed by atoms with Crippen molar-refractivity contribution in [2.45, 2.75) is 87.7 Å². The largest absolute Gasteiger partial charge is 0.459 e. The predicted molar refractivity (Wildman–Crippen MR) is 131 cm³/mol. The molecule has 12 nitrogen and oxygen atoms in total. The van der Waals surface area contributed by atoms with Gasteiger partial charge < -0.3 is 44.5 Å². The molecule has 4 fully saturated rings. The van der Waals surface area contributed by atoms with Crippen LogP contribution >= 0.6 is 0 Å². The number of hydrogen-bond donors (Lipinski definition) is 5. The summed E-state index contributed by atoms with van der Waals surface area (Å²) in [5.41, 5.74) is -1.16. The first-order valence-electron chi connectivity index (χ1n) is 12.9. The number of hydrogen-bond acceptors (Lipinski definition) is 12. The van der Waals surface area contributed by atoms with E-state index in [1.165, 1.54) is 6.92 Å². The molecule has 2 saturated heterocycles. The fourth-order valence-electron chi connectivity index (χ4n) is 6.11. The Balaban J connectivity index is 1.58. The molecular weight excluding hydrogens is 516 g/mol. The highest BCUT2D eigenvalue weighted by Crippen LogP contribution is 2.53. The second kappa shape index (κ2) is 10.8. The number of esters is 2. The summed E-state index contributed by atoms with van der Waals surface area (Å²) in [6, 6.07) is 0. The quantitative estimate of drug-likeness (QED) is 0.113. The van der Waals surface area contributed by atoms with Crippen molar-refractivity contribution in [2.24, 2.45) is 17.8 Å². The third kappa shape index (κ3) is 4.88. The summed E-state index contributed by atoms with van der Waals surface area (Å²) in [5.74, 6) is -4.29. The van der Waals surface area contributed by atoms with Crippen LogP contribution in [-0.2, 0) is 33.3 Å². The Morgan fingerprint density at radius 1 is 1.10 bits per heavy atom. The maximum absolute atomic E-state index is 12.9. The molecule has 0 radical (unpaired) electrons. The van der Waals surface area contributed by atoms with Crippen LogP contribution in [0.2, 0.25) is 0 Å². The van der Waals surface area contributed by atoms with Crippen molar-refractivity contribution in [3.63, 3.8) is 0 Å². The van der Waals surface area contributed by atoms with E-state index in [1.807, 2.05) is 0 Å². The van der Waals surface area contributed by atoms with Gasteiger partial charge in [0.1, 0.15) is 36.6 Å². The predicted octanol–water partition coefficient (Wildman–Crippen LogP) is -0.937. The molecular formula is C27H36O12. The molecule has 2 aliphatic carbocycles.